The zero-order chi connectivity index (χ0) is 8.39. The van der Waals surface area contributed by atoms with Gasteiger partial charge in [0, 0.05) is 6.54 Å². The molecule has 2 rings (SSSR count). The van der Waals surface area contributed by atoms with Crippen LogP contribution in [0.4, 0.5) is 0 Å². The van der Waals surface area contributed by atoms with Gasteiger partial charge >= 0.3 is 0 Å². The summed E-state index contributed by atoms with van der Waals surface area (Å²) in [6, 6.07) is 8.08. The van der Waals surface area contributed by atoms with Crippen molar-refractivity contribution in [3.05, 3.63) is 43.2 Å². The molecule has 0 bridgehead atoms. The van der Waals surface area contributed by atoms with Gasteiger partial charge < -0.3 is 4.57 Å². The third-order valence-electron chi connectivity index (χ3n) is 1.85. The standard InChI is InChI=1S/C10H10N2/c1-2-7-12-8-11-9-5-3-4-6-10(9)12/h2-6,8H,1,7H2. The van der Waals surface area contributed by atoms with E-state index in [2.05, 4.69) is 22.2 Å². The molecule has 0 radical (unpaired) electrons. The molecule has 0 amide bonds. The van der Waals surface area contributed by atoms with E-state index in [4.69, 9.17) is 0 Å². The monoisotopic (exact) mass is 158 g/mol. The molecule has 0 atom stereocenters. The van der Waals surface area contributed by atoms with E-state index in [0.29, 0.717) is 0 Å². The number of rotatable bonds is 2. The Kier molecular flexibility index (Phi) is 1.67. The van der Waals surface area contributed by atoms with Crippen LogP contribution >= 0.6 is 0 Å². The lowest BCUT2D eigenvalue weighted by molar-refractivity contribution is 0.851. The molecule has 1 aromatic heterocycles. The first-order chi connectivity index (χ1) is 5.92. The van der Waals surface area contributed by atoms with Crippen LogP contribution in [0.5, 0.6) is 0 Å². The number of fused-ring (bicyclic) bond motifs is 1. The number of nitrogens with zero attached hydrogens (tertiary/aromatic N) is 2. The lowest BCUT2D eigenvalue weighted by Gasteiger charge is -1.97. The fraction of sp³-hybridized carbons (Fsp3) is 0.100. The molecule has 60 valence electrons. The van der Waals surface area contributed by atoms with E-state index in [1.54, 1.807) is 0 Å². The molecular weight excluding hydrogens is 148 g/mol. The molecule has 0 spiro atoms. The van der Waals surface area contributed by atoms with Crippen molar-refractivity contribution in [1.29, 1.82) is 0 Å². The van der Waals surface area contributed by atoms with Crippen LogP contribution in [0, 0.1) is 0 Å². The van der Waals surface area contributed by atoms with Crippen molar-refractivity contribution < 1.29 is 0 Å². The summed E-state index contributed by atoms with van der Waals surface area (Å²) in [6.07, 6.45) is 3.71. The average Bonchev–Trinajstić information content (AvgIpc) is 2.50. The number of hydrogen-bond acceptors (Lipinski definition) is 1. The van der Waals surface area contributed by atoms with Crippen LogP contribution in [-0.2, 0) is 6.54 Å². The molecule has 1 heterocycles. The van der Waals surface area contributed by atoms with Crippen LogP contribution in [0.3, 0.4) is 0 Å². The average molecular weight is 158 g/mol. The highest BCUT2D eigenvalue weighted by Gasteiger charge is 1.97. The number of imidazole rings is 1. The second-order valence-electron chi connectivity index (χ2n) is 2.67. The largest absolute Gasteiger partial charge is 0.327 e. The maximum Gasteiger partial charge on any atom is 0.0961 e. The summed E-state index contributed by atoms with van der Waals surface area (Å²) in [5, 5.41) is 0. The van der Waals surface area contributed by atoms with E-state index >= 15 is 0 Å². The van der Waals surface area contributed by atoms with Crippen molar-refractivity contribution in [2.45, 2.75) is 6.54 Å². The third-order valence-corrected chi connectivity index (χ3v) is 1.85. The molecule has 0 N–H and O–H groups in total. The molecule has 0 aliphatic carbocycles. The van der Waals surface area contributed by atoms with Gasteiger partial charge in [0.1, 0.15) is 0 Å². The van der Waals surface area contributed by atoms with Gasteiger partial charge in [0.05, 0.1) is 17.4 Å². The second kappa shape index (κ2) is 2.81. The first-order valence-corrected chi connectivity index (χ1v) is 3.92. The summed E-state index contributed by atoms with van der Waals surface area (Å²) >= 11 is 0. The smallest absolute Gasteiger partial charge is 0.0961 e. The fourth-order valence-corrected chi connectivity index (χ4v) is 1.29. The fourth-order valence-electron chi connectivity index (χ4n) is 1.29. The minimum absolute atomic E-state index is 0.820. The summed E-state index contributed by atoms with van der Waals surface area (Å²) in [7, 11) is 0. The maximum atomic E-state index is 4.25. The van der Waals surface area contributed by atoms with Gasteiger partial charge in [-0.05, 0) is 12.1 Å². The predicted octanol–water partition coefficient (Wildman–Crippen LogP) is 2.22. The molecule has 0 saturated heterocycles. The lowest BCUT2D eigenvalue weighted by Crippen LogP contribution is -1.90. The third kappa shape index (κ3) is 1.01. The van der Waals surface area contributed by atoms with E-state index in [9.17, 15) is 0 Å². The summed E-state index contributed by atoms with van der Waals surface area (Å²) in [5.41, 5.74) is 2.21. The van der Waals surface area contributed by atoms with Crippen molar-refractivity contribution >= 4 is 11.0 Å². The number of allylic oxidation sites excluding steroid dienone is 1. The van der Waals surface area contributed by atoms with Crippen LogP contribution in [-0.4, -0.2) is 9.55 Å². The SMILES string of the molecule is C=CCn1cnc2ccccc21. The molecule has 1 aromatic carbocycles. The van der Waals surface area contributed by atoms with Crippen molar-refractivity contribution in [2.75, 3.05) is 0 Å². The topological polar surface area (TPSA) is 17.8 Å². The van der Waals surface area contributed by atoms with Crippen molar-refractivity contribution in [2.24, 2.45) is 0 Å². The number of aromatic nitrogens is 2. The second-order valence-corrected chi connectivity index (χ2v) is 2.67. The Hall–Kier alpha value is -1.57. The van der Waals surface area contributed by atoms with Crippen LogP contribution in [0.1, 0.15) is 0 Å². The summed E-state index contributed by atoms with van der Waals surface area (Å²) < 4.78 is 2.07. The van der Waals surface area contributed by atoms with Gasteiger partial charge in [-0.1, -0.05) is 18.2 Å². The van der Waals surface area contributed by atoms with Crippen LogP contribution in [0.2, 0.25) is 0 Å². The van der Waals surface area contributed by atoms with Crippen LogP contribution < -0.4 is 0 Å². The van der Waals surface area contributed by atoms with Crippen LogP contribution in [0.15, 0.2) is 43.2 Å². The Bertz CT molecular complexity index is 401. The molecule has 2 heteroatoms. The summed E-state index contributed by atoms with van der Waals surface area (Å²) in [5.74, 6) is 0. The van der Waals surface area contributed by atoms with Gasteiger partial charge in [-0.2, -0.15) is 0 Å². The van der Waals surface area contributed by atoms with Gasteiger partial charge in [-0.3, -0.25) is 0 Å². The predicted molar refractivity (Wildman–Crippen MR) is 49.9 cm³/mol. The van der Waals surface area contributed by atoms with Gasteiger partial charge in [0.15, 0.2) is 0 Å². The van der Waals surface area contributed by atoms with Crippen LogP contribution in [0.25, 0.3) is 11.0 Å². The number of benzene rings is 1. The molecule has 2 nitrogen and oxygen atoms in total. The molecule has 0 aliphatic rings. The molecule has 0 aliphatic heterocycles. The Labute approximate surface area is 71.2 Å². The zero-order valence-corrected chi connectivity index (χ0v) is 6.77. The Morgan fingerprint density at radius 3 is 3.08 bits per heavy atom. The molecule has 12 heavy (non-hydrogen) atoms. The van der Waals surface area contributed by atoms with E-state index in [1.165, 1.54) is 0 Å². The first-order valence-electron chi connectivity index (χ1n) is 3.92. The Balaban J connectivity index is 2.62. The van der Waals surface area contributed by atoms with E-state index in [1.807, 2.05) is 30.6 Å². The quantitative estimate of drug-likeness (QED) is 0.613. The summed E-state index contributed by atoms with van der Waals surface area (Å²) in [4.78, 5) is 4.25. The highest BCUT2D eigenvalue weighted by atomic mass is 15.0. The Morgan fingerprint density at radius 2 is 2.25 bits per heavy atom. The highest BCUT2D eigenvalue weighted by molar-refractivity contribution is 5.74. The number of para-hydroxylation sites is 2. The van der Waals surface area contributed by atoms with Gasteiger partial charge in [0.25, 0.3) is 0 Å². The number of hydrogen-bond donors (Lipinski definition) is 0. The normalized spacial score (nSPS) is 10.3. The summed E-state index contributed by atoms with van der Waals surface area (Å²) in [6.45, 7) is 4.51. The van der Waals surface area contributed by atoms with Crippen molar-refractivity contribution in [1.82, 2.24) is 9.55 Å². The van der Waals surface area contributed by atoms with E-state index < -0.39 is 0 Å². The van der Waals surface area contributed by atoms with Gasteiger partial charge in [-0.25, -0.2) is 4.98 Å². The van der Waals surface area contributed by atoms with Gasteiger partial charge in [0.2, 0.25) is 0 Å². The minimum Gasteiger partial charge on any atom is -0.327 e. The molecule has 2 aromatic rings. The minimum atomic E-state index is 0.820. The van der Waals surface area contributed by atoms with E-state index in [-0.39, 0.29) is 0 Å². The van der Waals surface area contributed by atoms with Crippen molar-refractivity contribution in [3.8, 4) is 0 Å². The van der Waals surface area contributed by atoms with Crippen molar-refractivity contribution in [3.63, 3.8) is 0 Å². The lowest BCUT2D eigenvalue weighted by atomic mass is 10.3. The molecule has 0 unspecified atom stereocenters. The molecule has 0 fully saturated rings. The van der Waals surface area contributed by atoms with Gasteiger partial charge in [-0.15, -0.1) is 6.58 Å². The molecule has 0 saturated carbocycles. The van der Waals surface area contributed by atoms with E-state index in [0.717, 1.165) is 17.6 Å². The maximum absolute atomic E-state index is 4.25. The first kappa shape index (κ1) is 7.10. The highest BCUT2D eigenvalue weighted by Crippen LogP contribution is 2.10. The zero-order valence-electron chi connectivity index (χ0n) is 6.77. The molecular formula is C10H10N2. The Morgan fingerprint density at radius 1 is 1.42 bits per heavy atom.